The summed E-state index contributed by atoms with van der Waals surface area (Å²) in [4.78, 5) is 22.7. The zero-order chi connectivity index (χ0) is 17.2. The number of anilines is 1. The lowest BCUT2D eigenvalue weighted by molar-refractivity contribution is 0.0475. The molecule has 1 amide bonds. The second-order valence-corrected chi connectivity index (χ2v) is 6.99. The quantitative estimate of drug-likeness (QED) is 0.793. The average Bonchev–Trinajstić information content (AvgIpc) is 2.35. The van der Waals surface area contributed by atoms with E-state index in [2.05, 4.69) is 10.6 Å². The van der Waals surface area contributed by atoms with Crippen LogP contribution < -0.4 is 10.6 Å². The van der Waals surface area contributed by atoms with Crippen LogP contribution >= 0.6 is 0 Å². The molecule has 3 N–H and O–H groups in total. The molecule has 0 unspecified atom stereocenters. The van der Waals surface area contributed by atoms with Gasteiger partial charge in [-0.3, -0.25) is 0 Å². The fourth-order valence-corrected chi connectivity index (χ4v) is 2.46. The van der Waals surface area contributed by atoms with Gasteiger partial charge in [-0.2, -0.15) is 0 Å². The number of rotatable bonds is 4. The third-order valence-electron chi connectivity index (χ3n) is 3.70. The van der Waals surface area contributed by atoms with E-state index in [1.54, 1.807) is 18.2 Å². The number of nitrogens with one attached hydrogen (secondary N) is 2. The molecule has 0 bridgehead atoms. The number of carbonyl (C=O) groups is 2. The highest BCUT2D eigenvalue weighted by atomic mass is 16.6. The largest absolute Gasteiger partial charge is 0.478 e. The van der Waals surface area contributed by atoms with Gasteiger partial charge in [0.25, 0.3) is 0 Å². The lowest BCUT2D eigenvalue weighted by atomic mass is 9.86. The van der Waals surface area contributed by atoms with Crippen molar-refractivity contribution >= 4 is 17.7 Å². The average molecular weight is 320 g/mol. The lowest BCUT2D eigenvalue weighted by Crippen LogP contribution is -2.50. The Kier molecular flexibility index (Phi) is 4.82. The smallest absolute Gasteiger partial charge is 0.407 e. The number of carboxylic acids is 1. The molecule has 1 aliphatic carbocycles. The summed E-state index contributed by atoms with van der Waals surface area (Å²) in [6.07, 6.45) is 1.18. The molecule has 0 radical (unpaired) electrons. The van der Waals surface area contributed by atoms with Gasteiger partial charge in [-0.05, 0) is 58.2 Å². The number of amides is 1. The first-order chi connectivity index (χ1) is 10.6. The van der Waals surface area contributed by atoms with Crippen LogP contribution in [0.4, 0.5) is 10.5 Å². The Labute approximate surface area is 136 Å². The molecule has 0 spiro atoms. The predicted octanol–water partition coefficient (Wildman–Crippen LogP) is 3.16. The number of hydrogen-bond donors (Lipinski definition) is 3. The highest BCUT2D eigenvalue weighted by Crippen LogP contribution is 2.27. The SMILES string of the molecule is Cc1ccc(C(=O)O)cc1NC1CC(NC(=O)OC(C)(C)C)C1. The van der Waals surface area contributed by atoms with E-state index in [1.165, 1.54) is 0 Å². The summed E-state index contributed by atoms with van der Waals surface area (Å²) in [5.74, 6) is -0.939. The molecular weight excluding hydrogens is 296 g/mol. The number of carbonyl (C=O) groups excluding carboxylic acids is 1. The van der Waals surface area contributed by atoms with Gasteiger partial charge in [-0.1, -0.05) is 6.07 Å². The van der Waals surface area contributed by atoms with Crippen LogP contribution in [0, 0.1) is 6.92 Å². The van der Waals surface area contributed by atoms with Gasteiger partial charge in [-0.15, -0.1) is 0 Å². The summed E-state index contributed by atoms with van der Waals surface area (Å²) in [6.45, 7) is 7.42. The van der Waals surface area contributed by atoms with Gasteiger partial charge in [0.05, 0.1) is 5.56 Å². The molecule has 0 atom stereocenters. The maximum Gasteiger partial charge on any atom is 0.407 e. The van der Waals surface area contributed by atoms with Crippen molar-refractivity contribution in [1.82, 2.24) is 5.32 Å². The summed E-state index contributed by atoms with van der Waals surface area (Å²) in [6, 6.07) is 5.34. The summed E-state index contributed by atoms with van der Waals surface area (Å²) in [5, 5.41) is 15.2. The summed E-state index contributed by atoms with van der Waals surface area (Å²) in [7, 11) is 0. The summed E-state index contributed by atoms with van der Waals surface area (Å²) < 4.78 is 5.22. The third-order valence-corrected chi connectivity index (χ3v) is 3.70. The molecule has 6 nitrogen and oxygen atoms in total. The van der Waals surface area contributed by atoms with Gasteiger partial charge in [0.15, 0.2) is 0 Å². The van der Waals surface area contributed by atoms with Gasteiger partial charge in [0, 0.05) is 17.8 Å². The Morgan fingerprint density at radius 2 is 1.87 bits per heavy atom. The molecule has 6 heteroatoms. The van der Waals surface area contributed by atoms with Crippen LogP contribution in [-0.2, 0) is 4.74 Å². The Bertz CT molecular complexity index is 601. The van der Waals surface area contributed by atoms with E-state index in [1.807, 2.05) is 27.7 Å². The number of aryl methyl sites for hydroxylation is 1. The fourth-order valence-electron chi connectivity index (χ4n) is 2.46. The predicted molar refractivity (Wildman–Crippen MR) is 87.9 cm³/mol. The Morgan fingerprint density at radius 3 is 2.43 bits per heavy atom. The van der Waals surface area contributed by atoms with E-state index in [0.717, 1.165) is 24.1 Å². The van der Waals surface area contributed by atoms with Crippen molar-refractivity contribution in [1.29, 1.82) is 0 Å². The van der Waals surface area contributed by atoms with Crippen molar-refractivity contribution in [2.75, 3.05) is 5.32 Å². The molecule has 1 aromatic carbocycles. The number of hydrogen-bond acceptors (Lipinski definition) is 4. The van der Waals surface area contributed by atoms with Crippen LogP contribution in [0.2, 0.25) is 0 Å². The van der Waals surface area contributed by atoms with Crippen LogP contribution in [0.5, 0.6) is 0 Å². The molecule has 1 saturated carbocycles. The monoisotopic (exact) mass is 320 g/mol. The maximum absolute atomic E-state index is 11.7. The molecule has 0 aliphatic heterocycles. The first-order valence-corrected chi connectivity index (χ1v) is 7.74. The highest BCUT2D eigenvalue weighted by Gasteiger charge is 2.31. The number of carboxylic acid groups (broad SMARTS) is 1. The molecule has 0 heterocycles. The Morgan fingerprint density at radius 1 is 1.22 bits per heavy atom. The first-order valence-electron chi connectivity index (χ1n) is 7.74. The molecule has 2 rings (SSSR count). The minimum absolute atomic E-state index is 0.0883. The van der Waals surface area contributed by atoms with E-state index >= 15 is 0 Å². The number of aromatic carboxylic acids is 1. The van der Waals surface area contributed by atoms with Gasteiger partial charge in [-0.25, -0.2) is 9.59 Å². The molecule has 1 fully saturated rings. The zero-order valence-electron chi connectivity index (χ0n) is 14.0. The van der Waals surface area contributed by atoms with Crippen LogP contribution in [0.15, 0.2) is 18.2 Å². The second-order valence-electron chi connectivity index (χ2n) is 6.99. The molecule has 0 saturated heterocycles. The topological polar surface area (TPSA) is 87.7 Å². The van der Waals surface area contributed by atoms with E-state index < -0.39 is 17.7 Å². The van der Waals surface area contributed by atoms with E-state index in [-0.39, 0.29) is 17.6 Å². The summed E-state index contributed by atoms with van der Waals surface area (Å²) in [5.41, 5.74) is 1.59. The zero-order valence-corrected chi connectivity index (χ0v) is 14.0. The highest BCUT2D eigenvalue weighted by molar-refractivity contribution is 5.89. The van der Waals surface area contributed by atoms with Crippen molar-refractivity contribution in [3.63, 3.8) is 0 Å². The van der Waals surface area contributed by atoms with Gasteiger partial charge >= 0.3 is 12.1 Å². The number of benzene rings is 1. The van der Waals surface area contributed by atoms with Crippen molar-refractivity contribution < 1.29 is 19.4 Å². The van der Waals surface area contributed by atoms with Crippen LogP contribution in [-0.4, -0.2) is 34.9 Å². The third kappa shape index (κ3) is 4.87. The van der Waals surface area contributed by atoms with Gasteiger partial charge in [0.2, 0.25) is 0 Å². The normalized spacial score (nSPS) is 20.3. The van der Waals surface area contributed by atoms with E-state index in [0.29, 0.717) is 0 Å². The molecular formula is C17H24N2O4. The Hall–Kier alpha value is -2.24. The van der Waals surface area contributed by atoms with Crippen molar-refractivity contribution in [2.45, 2.75) is 58.2 Å². The minimum Gasteiger partial charge on any atom is -0.478 e. The van der Waals surface area contributed by atoms with Gasteiger partial charge < -0.3 is 20.5 Å². The van der Waals surface area contributed by atoms with Crippen molar-refractivity contribution in [3.05, 3.63) is 29.3 Å². The Balaban J connectivity index is 1.83. The first kappa shape index (κ1) is 17.1. The molecule has 0 aromatic heterocycles. The molecule has 1 aromatic rings. The van der Waals surface area contributed by atoms with Crippen LogP contribution in [0.3, 0.4) is 0 Å². The number of ether oxygens (including phenoxy) is 1. The maximum atomic E-state index is 11.7. The fraction of sp³-hybridized carbons (Fsp3) is 0.529. The van der Waals surface area contributed by atoms with Crippen molar-refractivity contribution in [3.8, 4) is 0 Å². The molecule has 1 aliphatic rings. The molecule has 23 heavy (non-hydrogen) atoms. The molecule has 126 valence electrons. The van der Waals surface area contributed by atoms with E-state index in [4.69, 9.17) is 9.84 Å². The van der Waals surface area contributed by atoms with Crippen LogP contribution in [0.25, 0.3) is 0 Å². The van der Waals surface area contributed by atoms with E-state index in [9.17, 15) is 9.59 Å². The lowest BCUT2D eigenvalue weighted by Gasteiger charge is -2.37. The summed E-state index contributed by atoms with van der Waals surface area (Å²) >= 11 is 0. The second kappa shape index (κ2) is 6.48. The minimum atomic E-state index is -0.939. The van der Waals surface area contributed by atoms with Gasteiger partial charge in [0.1, 0.15) is 5.60 Å². The van der Waals surface area contributed by atoms with Crippen LogP contribution in [0.1, 0.15) is 49.5 Å². The standard InChI is InChI=1S/C17H24N2O4/c1-10-5-6-11(15(20)21)7-14(10)18-12-8-13(9-12)19-16(22)23-17(2,3)4/h5-7,12-13,18H,8-9H2,1-4H3,(H,19,22)(H,20,21). The van der Waals surface area contributed by atoms with Crippen molar-refractivity contribution in [2.24, 2.45) is 0 Å². The number of alkyl carbamates (subject to hydrolysis) is 1.